The predicted octanol–water partition coefficient (Wildman–Crippen LogP) is 3.39. The summed E-state index contributed by atoms with van der Waals surface area (Å²) in [6.45, 7) is 0. The minimum absolute atomic E-state index is 0.321. The fourth-order valence-corrected chi connectivity index (χ4v) is 2.82. The summed E-state index contributed by atoms with van der Waals surface area (Å²) in [4.78, 5) is 37.7. The molecule has 0 spiro atoms. The van der Waals surface area contributed by atoms with Crippen LogP contribution in [-0.4, -0.2) is 32.1 Å². The van der Waals surface area contributed by atoms with Gasteiger partial charge in [0.2, 0.25) is 0 Å². The van der Waals surface area contributed by atoms with Crippen LogP contribution >= 0.6 is 0 Å². The zero-order valence-electron chi connectivity index (χ0n) is 15.7. The first kappa shape index (κ1) is 20.9. The summed E-state index contributed by atoms with van der Waals surface area (Å²) in [6, 6.07) is 7.13. The summed E-state index contributed by atoms with van der Waals surface area (Å²) in [5, 5.41) is 1.96. The van der Waals surface area contributed by atoms with Crippen molar-refractivity contribution in [1.82, 2.24) is 5.32 Å². The molecule has 4 amide bonds. The highest BCUT2D eigenvalue weighted by Crippen LogP contribution is 2.33. The monoisotopic (exact) mass is 420 g/mol. The Bertz CT molecular complexity index is 1060. The smallest absolute Gasteiger partial charge is 0.416 e. The number of carbonyl (C=O) groups is 3. The van der Waals surface area contributed by atoms with E-state index in [9.17, 15) is 27.6 Å². The standard InChI is InChI=1S/C20H15F3N2O5/c1-29-15-7-6-11(9-16(15)30-2)8-14-17(26)24-19(28)25(18(14)27)13-5-3-4-12(10-13)20(21,22)23/h3-10H,1-2H3,(H,24,26,28)/b14-8-. The maximum Gasteiger partial charge on any atom is 0.416 e. The van der Waals surface area contributed by atoms with Gasteiger partial charge in [-0.2, -0.15) is 13.2 Å². The molecule has 1 N–H and O–H groups in total. The summed E-state index contributed by atoms with van der Waals surface area (Å²) in [7, 11) is 2.84. The van der Waals surface area contributed by atoms with E-state index in [1.165, 1.54) is 26.4 Å². The van der Waals surface area contributed by atoms with Gasteiger partial charge in [0.25, 0.3) is 11.8 Å². The minimum atomic E-state index is -4.67. The normalized spacial score (nSPS) is 16.0. The van der Waals surface area contributed by atoms with Gasteiger partial charge in [-0.05, 0) is 42.0 Å². The van der Waals surface area contributed by atoms with E-state index in [1.807, 2.05) is 5.32 Å². The molecule has 0 atom stereocenters. The maximum absolute atomic E-state index is 13.0. The van der Waals surface area contributed by atoms with Crippen LogP contribution in [0.1, 0.15) is 11.1 Å². The molecule has 0 bridgehead atoms. The Labute approximate surface area is 168 Å². The van der Waals surface area contributed by atoms with Crippen molar-refractivity contribution in [3.8, 4) is 11.5 Å². The Morgan fingerprint density at radius 2 is 1.67 bits per heavy atom. The highest BCUT2D eigenvalue weighted by molar-refractivity contribution is 6.39. The molecule has 1 saturated heterocycles. The third kappa shape index (κ3) is 3.97. The van der Waals surface area contributed by atoms with Gasteiger partial charge in [-0.3, -0.25) is 14.9 Å². The lowest BCUT2D eigenvalue weighted by atomic mass is 10.1. The maximum atomic E-state index is 13.0. The lowest BCUT2D eigenvalue weighted by Gasteiger charge is -2.26. The van der Waals surface area contributed by atoms with Gasteiger partial charge in [-0.15, -0.1) is 0 Å². The van der Waals surface area contributed by atoms with Crippen LogP contribution in [0.4, 0.5) is 23.7 Å². The number of urea groups is 1. The molecule has 1 heterocycles. The Morgan fingerprint density at radius 3 is 2.30 bits per heavy atom. The molecule has 0 unspecified atom stereocenters. The number of alkyl halides is 3. The van der Waals surface area contributed by atoms with Crippen LogP contribution in [0, 0.1) is 0 Å². The van der Waals surface area contributed by atoms with E-state index in [0.29, 0.717) is 28.0 Å². The largest absolute Gasteiger partial charge is 0.493 e. The molecule has 2 aromatic rings. The predicted molar refractivity (Wildman–Crippen MR) is 100.0 cm³/mol. The lowest BCUT2D eigenvalue weighted by molar-refractivity contribution is -0.137. The molecule has 3 rings (SSSR count). The van der Waals surface area contributed by atoms with Gasteiger partial charge >= 0.3 is 12.2 Å². The molecule has 0 aromatic heterocycles. The highest BCUT2D eigenvalue weighted by atomic mass is 19.4. The first-order chi connectivity index (χ1) is 14.2. The molecule has 30 heavy (non-hydrogen) atoms. The van der Waals surface area contributed by atoms with Crippen molar-refractivity contribution in [2.24, 2.45) is 0 Å². The fraction of sp³-hybridized carbons (Fsp3) is 0.150. The third-order valence-corrected chi connectivity index (χ3v) is 4.25. The molecule has 156 valence electrons. The van der Waals surface area contributed by atoms with Crippen molar-refractivity contribution in [3.63, 3.8) is 0 Å². The Morgan fingerprint density at radius 1 is 0.967 bits per heavy atom. The van der Waals surface area contributed by atoms with Gasteiger partial charge in [0.1, 0.15) is 5.57 Å². The Hall–Kier alpha value is -3.82. The molecule has 10 heteroatoms. The van der Waals surface area contributed by atoms with E-state index in [1.54, 1.807) is 12.1 Å². The number of barbiturate groups is 1. The van der Waals surface area contributed by atoms with Gasteiger partial charge in [-0.1, -0.05) is 12.1 Å². The molecule has 7 nitrogen and oxygen atoms in total. The number of imide groups is 2. The van der Waals surface area contributed by atoms with E-state index < -0.39 is 35.2 Å². The Balaban J connectivity index is 2.02. The number of amides is 4. The van der Waals surface area contributed by atoms with E-state index in [-0.39, 0.29) is 5.69 Å². The quantitative estimate of drug-likeness (QED) is 0.606. The molecule has 1 aliphatic heterocycles. The van der Waals surface area contributed by atoms with Gasteiger partial charge in [0.15, 0.2) is 11.5 Å². The van der Waals surface area contributed by atoms with Crippen LogP contribution < -0.4 is 19.7 Å². The number of methoxy groups -OCH3 is 2. The van der Waals surface area contributed by atoms with E-state index >= 15 is 0 Å². The summed E-state index contributed by atoms with van der Waals surface area (Å²) >= 11 is 0. The van der Waals surface area contributed by atoms with Gasteiger partial charge in [0, 0.05) is 0 Å². The molecule has 0 aliphatic carbocycles. The van der Waals surface area contributed by atoms with Crippen LogP contribution in [-0.2, 0) is 15.8 Å². The lowest BCUT2D eigenvalue weighted by Crippen LogP contribution is -2.54. The summed E-state index contributed by atoms with van der Waals surface area (Å²) < 4.78 is 49.3. The molecule has 0 saturated carbocycles. The number of rotatable bonds is 4. The average Bonchev–Trinajstić information content (AvgIpc) is 2.70. The summed E-state index contributed by atoms with van der Waals surface area (Å²) in [6.07, 6.45) is -3.47. The van der Waals surface area contributed by atoms with Gasteiger partial charge in [0.05, 0.1) is 25.5 Å². The highest BCUT2D eigenvalue weighted by Gasteiger charge is 2.38. The molecular formula is C20H15F3N2O5. The number of ether oxygens (including phenoxy) is 2. The number of benzene rings is 2. The second-order valence-corrected chi connectivity index (χ2v) is 6.12. The summed E-state index contributed by atoms with van der Waals surface area (Å²) in [5.41, 5.74) is -1.41. The average molecular weight is 420 g/mol. The number of hydrogen-bond donors (Lipinski definition) is 1. The number of carbonyl (C=O) groups excluding carboxylic acids is 3. The van der Waals surface area contributed by atoms with Crippen molar-refractivity contribution < 1.29 is 37.0 Å². The van der Waals surface area contributed by atoms with E-state index in [2.05, 4.69) is 0 Å². The number of halogens is 3. The number of nitrogens with zero attached hydrogens (tertiary/aromatic N) is 1. The van der Waals surface area contributed by atoms with Crippen LogP contribution in [0.25, 0.3) is 6.08 Å². The van der Waals surface area contributed by atoms with Gasteiger partial charge in [-0.25, -0.2) is 9.69 Å². The minimum Gasteiger partial charge on any atom is -0.493 e. The second kappa shape index (κ2) is 7.90. The van der Waals surface area contributed by atoms with E-state index in [4.69, 9.17) is 9.47 Å². The summed E-state index contributed by atoms with van der Waals surface area (Å²) in [5.74, 6) is -1.28. The van der Waals surface area contributed by atoms with Crippen LogP contribution in [0.2, 0.25) is 0 Å². The topological polar surface area (TPSA) is 84.9 Å². The van der Waals surface area contributed by atoms with Gasteiger partial charge < -0.3 is 9.47 Å². The first-order valence-corrected chi connectivity index (χ1v) is 8.46. The number of anilines is 1. The van der Waals surface area contributed by atoms with Crippen molar-refractivity contribution in [2.75, 3.05) is 19.1 Å². The molecule has 1 aliphatic rings. The second-order valence-electron chi connectivity index (χ2n) is 6.12. The van der Waals surface area contributed by atoms with Crippen molar-refractivity contribution in [2.45, 2.75) is 6.18 Å². The van der Waals surface area contributed by atoms with Crippen molar-refractivity contribution in [3.05, 3.63) is 59.2 Å². The Kier molecular flexibility index (Phi) is 5.50. The van der Waals surface area contributed by atoms with Crippen LogP contribution in [0.3, 0.4) is 0 Å². The molecule has 2 aromatic carbocycles. The number of nitrogens with one attached hydrogen (secondary N) is 1. The molecular weight excluding hydrogens is 405 g/mol. The fourth-order valence-electron chi connectivity index (χ4n) is 2.82. The van der Waals surface area contributed by atoms with E-state index in [0.717, 1.165) is 18.2 Å². The first-order valence-electron chi connectivity index (χ1n) is 8.46. The van der Waals surface area contributed by atoms with Crippen molar-refractivity contribution in [1.29, 1.82) is 0 Å². The van der Waals surface area contributed by atoms with Crippen molar-refractivity contribution >= 4 is 29.6 Å². The number of hydrogen-bond acceptors (Lipinski definition) is 5. The third-order valence-electron chi connectivity index (χ3n) is 4.25. The zero-order chi connectivity index (χ0) is 22.1. The zero-order valence-corrected chi connectivity index (χ0v) is 15.7. The van der Waals surface area contributed by atoms with Crippen LogP contribution in [0.15, 0.2) is 48.0 Å². The molecule has 0 radical (unpaired) electrons. The van der Waals surface area contributed by atoms with Crippen LogP contribution in [0.5, 0.6) is 11.5 Å². The SMILES string of the molecule is COc1ccc(/C=C2/C(=O)NC(=O)N(c3cccc(C(F)(F)F)c3)C2=O)cc1OC. The molecule has 1 fully saturated rings.